The van der Waals surface area contributed by atoms with Crippen molar-refractivity contribution >= 4 is 6.16 Å². The van der Waals surface area contributed by atoms with Gasteiger partial charge in [-0.3, -0.25) is 4.84 Å². The molecule has 19 heavy (non-hydrogen) atoms. The standard InChI is InChI=1S/C12H15NO6/c14-10-1-2-11(15)13(10)19-12(16)18-8-5-7-3-4-17-9(7)6-8/h1-2,7-9,14-15H,3-6H2/t7-,8+,9+/m1/s1. The summed E-state index contributed by atoms with van der Waals surface area (Å²) >= 11 is 0. The third-order valence-corrected chi connectivity index (χ3v) is 3.63. The van der Waals surface area contributed by atoms with Gasteiger partial charge in [-0.05, 0) is 18.8 Å². The van der Waals surface area contributed by atoms with Crippen LogP contribution in [-0.4, -0.2) is 39.9 Å². The quantitative estimate of drug-likeness (QED) is 0.779. The van der Waals surface area contributed by atoms with E-state index in [4.69, 9.17) is 14.3 Å². The molecule has 2 fully saturated rings. The van der Waals surface area contributed by atoms with E-state index in [1.807, 2.05) is 0 Å². The molecule has 2 N–H and O–H groups in total. The summed E-state index contributed by atoms with van der Waals surface area (Å²) in [6, 6.07) is 2.41. The number of nitrogens with zero attached hydrogens (tertiary/aromatic N) is 1. The third-order valence-electron chi connectivity index (χ3n) is 3.63. The molecule has 3 rings (SSSR count). The van der Waals surface area contributed by atoms with Gasteiger partial charge in [0.25, 0.3) is 0 Å². The number of rotatable bonds is 2. The fourth-order valence-corrected chi connectivity index (χ4v) is 2.74. The highest BCUT2D eigenvalue weighted by atomic mass is 16.8. The van der Waals surface area contributed by atoms with Crippen LogP contribution in [0.3, 0.4) is 0 Å². The van der Waals surface area contributed by atoms with Gasteiger partial charge in [-0.2, -0.15) is 0 Å². The largest absolute Gasteiger partial charge is 0.534 e. The van der Waals surface area contributed by atoms with Gasteiger partial charge in [-0.15, -0.1) is 4.73 Å². The van der Waals surface area contributed by atoms with Crippen LogP contribution in [0, 0.1) is 5.92 Å². The van der Waals surface area contributed by atoms with Crippen molar-refractivity contribution in [1.82, 2.24) is 4.73 Å². The van der Waals surface area contributed by atoms with Gasteiger partial charge in [0.05, 0.1) is 6.10 Å². The Morgan fingerprint density at radius 3 is 2.74 bits per heavy atom. The van der Waals surface area contributed by atoms with E-state index in [1.54, 1.807) is 0 Å². The molecule has 2 aliphatic rings. The molecule has 2 heterocycles. The van der Waals surface area contributed by atoms with Crippen molar-refractivity contribution in [2.75, 3.05) is 6.61 Å². The van der Waals surface area contributed by atoms with Crippen LogP contribution in [0.1, 0.15) is 19.3 Å². The molecule has 0 radical (unpaired) electrons. The van der Waals surface area contributed by atoms with E-state index in [1.165, 1.54) is 12.1 Å². The summed E-state index contributed by atoms with van der Waals surface area (Å²) in [6.07, 6.45) is 1.42. The Morgan fingerprint density at radius 1 is 1.32 bits per heavy atom. The highest BCUT2D eigenvalue weighted by Gasteiger charge is 2.40. The number of carbonyl (C=O) groups is 1. The second-order valence-corrected chi connectivity index (χ2v) is 4.85. The molecular formula is C12H15NO6. The Morgan fingerprint density at radius 2 is 2.05 bits per heavy atom. The monoisotopic (exact) mass is 269 g/mol. The molecule has 104 valence electrons. The average molecular weight is 269 g/mol. The molecule has 1 aliphatic carbocycles. The number of hydrogen-bond acceptors (Lipinski definition) is 6. The molecule has 0 spiro atoms. The van der Waals surface area contributed by atoms with Crippen molar-refractivity contribution in [3.8, 4) is 11.8 Å². The van der Waals surface area contributed by atoms with E-state index in [-0.39, 0.29) is 24.0 Å². The van der Waals surface area contributed by atoms with Crippen molar-refractivity contribution in [2.24, 2.45) is 5.92 Å². The van der Waals surface area contributed by atoms with E-state index in [0.29, 0.717) is 17.1 Å². The summed E-state index contributed by atoms with van der Waals surface area (Å²) in [6.45, 7) is 0.775. The molecule has 3 atom stereocenters. The Bertz CT molecular complexity index is 453. The van der Waals surface area contributed by atoms with Gasteiger partial charge >= 0.3 is 6.16 Å². The second kappa shape index (κ2) is 4.65. The minimum absolute atomic E-state index is 0.172. The first-order chi connectivity index (χ1) is 9.13. The zero-order valence-electron chi connectivity index (χ0n) is 10.2. The Kier molecular flexibility index (Phi) is 2.98. The molecule has 1 saturated carbocycles. The number of aromatic hydroxyl groups is 2. The van der Waals surface area contributed by atoms with Crippen molar-refractivity contribution in [3.05, 3.63) is 12.1 Å². The molecule has 1 aromatic rings. The predicted octanol–water partition coefficient (Wildman–Crippen LogP) is 1.03. The normalized spacial score (nSPS) is 29.2. The maximum absolute atomic E-state index is 11.6. The molecule has 0 unspecified atom stereocenters. The highest BCUT2D eigenvalue weighted by molar-refractivity contribution is 5.61. The van der Waals surface area contributed by atoms with Gasteiger partial charge in [0.15, 0.2) is 0 Å². The fraction of sp³-hybridized carbons (Fsp3) is 0.583. The van der Waals surface area contributed by atoms with Gasteiger partial charge in [-0.25, -0.2) is 4.79 Å². The Labute approximate surface area is 109 Å². The summed E-state index contributed by atoms with van der Waals surface area (Å²) < 4.78 is 11.3. The number of fused-ring (bicyclic) bond motifs is 1. The molecule has 1 aromatic heterocycles. The van der Waals surface area contributed by atoms with Gasteiger partial charge in [-0.1, -0.05) is 0 Å². The zero-order valence-corrected chi connectivity index (χ0v) is 10.2. The van der Waals surface area contributed by atoms with Crippen molar-refractivity contribution in [3.63, 3.8) is 0 Å². The smallest absolute Gasteiger partial charge is 0.492 e. The van der Waals surface area contributed by atoms with Gasteiger partial charge in [0.1, 0.15) is 6.10 Å². The number of carbonyl (C=O) groups excluding carboxylic acids is 1. The summed E-state index contributed by atoms with van der Waals surface area (Å²) in [5.41, 5.74) is 0. The first kappa shape index (κ1) is 12.2. The maximum atomic E-state index is 11.6. The lowest BCUT2D eigenvalue weighted by molar-refractivity contribution is 0.00348. The molecule has 7 heteroatoms. The molecule has 1 aliphatic heterocycles. The highest BCUT2D eigenvalue weighted by Crippen LogP contribution is 2.37. The lowest BCUT2D eigenvalue weighted by Gasteiger charge is -2.13. The summed E-state index contributed by atoms with van der Waals surface area (Å²) in [4.78, 5) is 16.3. The van der Waals surface area contributed by atoms with Gasteiger partial charge < -0.3 is 19.7 Å². The third kappa shape index (κ3) is 2.33. The summed E-state index contributed by atoms with van der Waals surface area (Å²) in [5, 5.41) is 18.6. The van der Waals surface area contributed by atoms with Gasteiger partial charge in [0.2, 0.25) is 11.8 Å². The van der Waals surface area contributed by atoms with Crippen LogP contribution in [0.5, 0.6) is 11.8 Å². The van der Waals surface area contributed by atoms with Crippen LogP contribution in [0.2, 0.25) is 0 Å². The van der Waals surface area contributed by atoms with Crippen molar-refractivity contribution in [1.29, 1.82) is 0 Å². The molecule has 0 amide bonds. The zero-order chi connectivity index (χ0) is 13.4. The lowest BCUT2D eigenvalue weighted by atomic mass is 10.1. The summed E-state index contributed by atoms with van der Waals surface area (Å²) in [7, 11) is 0. The molecule has 1 saturated heterocycles. The van der Waals surface area contributed by atoms with E-state index in [9.17, 15) is 15.0 Å². The van der Waals surface area contributed by atoms with Crippen LogP contribution < -0.4 is 4.84 Å². The number of hydrogen-bond donors (Lipinski definition) is 2. The second-order valence-electron chi connectivity index (χ2n) is 4.85. The first-order valence-electron chi connectivity index (χ1n) is 6.23. The van der Waals surface area contributed by atoms with E-state index < -0.39 is 6.16 Å². The van der Waals surface area contributed by atoms with Crippen molar-refractivity contribution < 1.29 is 29.3 Å². The lowest BCUT2D eigenvalue weighted by Crippen LogP contribution is -2.25. The average Bonchev–Trinajstić information content (AvgIpc) is 2.99. The number of ether oxygens (including phenoxy) is 2. The Balaban J connectivity index is 1.55. The van der Waals surface area contributed by atoms with Crippen LogP contribution in [-0.2, 0) is 9.47 Å². The molecular weight excluding hydrogens is 254 g/mol. The van der Waals surface area contributed by atoms with E-state index >= 15 is 0 Å². The van der Waals surface area contributed by atoms with E-state index in [2.05, 4.69) is 0 Å². The number of aromatic nitrogens is 1. The van der Waals surface area contributed by atoms with Crippen LogP contribution >= 0.6 is 0 Å². The SMILES string of the molecule is O=C(O[C@H]1C[C@H]2CCO[C@H]2C1)On1c(O)ccc1O. The minimum atomic E-state index is -0.952. The fourth-order valence-electron chi connectivity index (χ4n) is 2.74. The van der Waals surface area contributed by atoms with E-state index in [0.717, 1.165) is 19.4 Å². The van der Waals surface area contributed by atoms with Gasteiger partial charge in [0, 0.05) is 25.2 Å². The first-order valence-corrected chi connectivity index (χ1v) is 6.23. The molecule has 0 aromatic carbocycles. The predicted molar refractivity (Wildman–Crippen MR) is 61.7 cm³/mol. The minimum Gasteiger partial charge on any atom is -0.492 e. The van der Waals surface area contributed by atoms with Crippen molar-refractivity contribution in [2.45, 2.75) is 31.5 Å². The molecule has 0 bridgehead atoms. The van der Waals surface area contributed by atoms with Crippen LogP contribution in [0.15, 0.2) is 12.1 Å². The van der Waals surface area contributed by atoms with Crippen LogP contribution in [0.25, 0.3) is 0 Å². The Hall–Kier alpha value is -1.89. The maximum Gasteiger partial charge on any atom is 0.534 e. The summed E-state index contributed by atoms with van der Waals surface area (Å²) in [5.74, 6) is -0.298. The molecule has 7 nitrogen and oxygen atoms in total. The topological polar surface area (TPSA) is 90.2 Å². The van der Waals surface area contributed by atoms with Crippen LogP contribution in [0.4, 0.5) is 4.79 Å².